The van der Waals surface area contributed by atoms with Crippen molar-refractivity contribution in [1.82, 2.24) is 4.98 Å². The van der Waals surface area contributed by atoms with Crippen molar-refractivity contribution in [2.45, 2.75) is 40.5 Å². The summed E-state index contributed by atoms with van der Waals surface area (Å²) in [6.45, 7) is 9.87. The highest BCUT2D eigenvalue weighted by Gasteiger charge is 2.02. The maximum Gasteiger partial charge on any atom is 0.213 e. The van der Waals surface area contributed by atoms with Gasteiger partial charge in [-0.05, 0) is 30.5 Å². The quantitative estimate of drug-likeness (QED) is 0.605. The van der Waals surface area contributed by atoms with Crippen molar-refractivity contribution >= 4 is 0 Å². The number of hydrogen-bond acceptors (Lipinski definition) is 1. The molecule has 0 spiro atoms. The summed E-state index contributed by atoms with van der Waals surface area (Å²) >= 11 is 0. The smallest absolute Gasteiger partial charge is 0.213 e. The Balaban J connectivity index is 0.000000671. The molecule has 0 atom stereocenters. The summed E-state index contributed by atoms with van der Waals surface area (Å²) < 4.78 is 12.7. The standard InChI is InChI=1S/C9H12FN.C2H6/c1-6(2)8-4-7(3)5-9(10)11-8;1-2/h4-6H,1-3H3;1-2H3. The van der Waals surface area contributed by atoms with Crippen LogP contribution in [0.5, 0.6) is 0 Å². The molecule has 1 heterocycles. The van der Waals surface area contributed by atoms with Gasteiger partial charge in [-0.15, -0.1) is 0 Å². The molecule has 0 unspecified atom stereocenters. The van der Waals surface area contributed by atoms with Gasteiger partial charge in [0.05, 0.1) is 0 Å². The van der Waals surface area contributed by atoms with Gasteiger partial charge in [0.15, 0.2) is 0 Å². The van der Waals surface area contributed by atoms with E-state index in [9.17, 15) is 4.39 Å². The lowest BCUT2D eigenvalue weighted by atomic mass is 10.1. The van der Waals surface area contributed by atoms with E-state index in [-0.39, 0.29) is 5.95 Å². The van der Waals surface area contributed by atoms with Crippen molar-refractivity contribution in [3.8, 4) is 0 Å². The molecule has 2 heteroatoms. The molecule has 0 N–H and O–H groups in total. The molecule has 0 bridgehead atoms. The third-order valence-electron chi connectivity index (χ3n) is 1.55. The molecule has 1 rings (SSSR count). The topological polar surface area (TPSA) is 12.9 Å². The Bertz CT molecular complexity index is 236. The maximum atomic E-state index is 12.7. The first-order valence-corrected chi connectivity index (χ1v) is 4.73. The number of aryl methyl sites for hydroxylation is 1. The average Bonchev–Trinajstić information content (AvgIpc) is 2.06. The van der Waals surface area contributed by atoms with E-state index in [2.05, 4.69) is 4.98 Å². The van der Waals surface area contributed by atoms with E-state index < -0.39 is 0 Å². The third kappa shape index (κ3) is 4.02. The van der Waals surface area contributed by atoms with Crippen LogP contribution in [0.25, 0.3) is 0 Å². The van der Waals surface area contributed by atoms with Crippen LogP contribution >= 0.6 is 0 Å². The molecule has 0 amide bonds. The molecule has 1 aromatic rings. The van der Waals surface area contributed by atoms with Crippen LogP contribution in [-0.4, -0.2) is 4.98 Å². The van der Waals surface area contributed by atoms with E-state index in [0.29, 0.717) is 5.92 Å². The highest BCUT2D eigenvalue weighted by molar-refractivity contribution is 5.17. The molecular weight excluding hydrogens is 165 g/mol. The molecule has 0 fully saturated rings. The summed E-state index contributed by atoms with van der Waals surface area (Å²) in [5, 5.41) is 0. The molecule has 0 saturated heterocycles. The fourth-order valence-electron chi connectivity index (χ4n) is 0.946. The van der Waals surface area contributed by atoms with Gasteiger partial charge in [-0.2, -0.15) is 4.39 Å². The van der Waals surface area contributed by atoms with E-state index in [1.807, 2.05) is 40.7 Å². The molecule has 0 aliphatic rings. The van der Waals surface area contributed by atoms with Gasteiger partial charge in [-0.25, -0.2) is 4.98 Å². The van der Waals surface area contributed by atoms with Gasteiger partial charge in [0.25, 0.3) is 0 Å². The highest BCUT2D eigenvalue weighted by atomic mass is 19.1. The predicted octanol–water partition coefficient (Wildman–Crippen LogP) is 3.68. The Labute approximate surface area is 80.0 Å². The first-order chi connectivity index (χ1) is 6.09. The van der Waals surface area contributed by atoms with Gasteiger partial charge in [0, 0.05) is 5.69 Å². The Hall–Kier alpha value is -0.920. The van der Waals surface area contributed by atoms with E-state index in [4.69, 9.17) is 0 Å². The highest BCUT2D eigenvalue weighted by Crippen LogP contribution is 2.13. The molecule has 1 aromatic heterocycles. The number of hydrogen-bond donors (Lipinski definition) is 0. The van der Waals surface area contributed by atoms with Crippen LogP contribution < -0.4 is 0 Å². The molecule has 0 saturated carbocycles. The normalized spacial score (nSPS) is 9.46. The fraction of sp³-hybridized carbons (Fsp3) is 0.545. The fourth-order valence-corrected chi connectivity index (χ4v) is 0.946. The van der Waals surface area contributed by atoms with Crippen LogP contribution in [-0.2, 0) is 0 Å². The minimum Gasteiger partial charge on any atom is -0.225 e. The van der Waals surface area contributed by atoms with Gasteiger partial charge in [-0.1, -0.05) is 27.7 Å². The van der Waals surface area contributed by atoms with Crippen LogP contribution in [0, 0.1) is 12.9 Å². The molecule has 0 aromatic carbocycles. The first kappa shape index (κ1) is 12.1. The zero-order valence-electron chi connectivity index (χ0n) is 9.06. The van der Waals surface area contributed by atoms with E-state index in [0.717, 1.165) is 11.3 Å². The lowest BCUT2D eigenvalue weighted by Crippen LogP contribution is -1.95. The molecule has 0 aliphatic carbocycles. The van der Waals surface area contributed by atoms with Crippen LogP contribution in [0.2, 0.25) is 0 Å². The van der Waals surface area contributed by atoms with E-state index in [1.165, 1.54) is 6.07 Å². The van der Waals surface area contributed by atoms with Gasteiger partial charge in [0.2, 0.25) is 5.95 Å². The van der Waals surface area contributed by atoms with Crippen LogP contribution in [0.1, 0.15) is 44.9 Å². The van der Waals surface area contributed by atoms with Crippen LogP contribution in [0.4, 0.5) is 4.39 Å². The molecular formula is C11H18FN. The molecule has 0 aliphatic heterocycles. The minimum atomic E-state index is -0.381. The Morgan fingerprint density at radius 1 is 1.23 bits per heavy atom. The Morgan fingerprint density at radius 3 is 2.15 bits per heavy atom. The lowest BCUT2D eigenvalue weighted by Gasteiger charge is -2.04. The lowest BCUT2D eigenvalue weighted by molar-refractivity contribution is 0.570. The molecule has 13 heavy (non-hydrogen) atoms. The second kappa shape index (κ2) is 5.68. The van der Waals surface area contributed by atoms with E-state index in [1.54, 1.807) is 0 Å². The Morgan fingerprint density at radius 2 is 1.77 bits per heavy atom. The first-order valence-electron chi connectivity index (χ1n) is 4.73. The van der Waals surface area contributed by atoms with Crippen molar-refractivity contribution in [1.29, 1.82) is 0 Å². The Kier molecular flexibility index (Phi) is 5.28. The van der Waals surface area contributed by atoms with Gasteiger partial charge < -0.3 is 0 Å². The van der Waals surface area contributed by atoms with Crippen molar-refractivity contribution in [2.75, 3.05) is 0 Å². The van der Waals surface area contributed by atoms with Crippen molar-refractivity contribution in [2.24, 2.45) is 0 Å². The molecule has 0 radical (unpaired) electrons. The summed E-state index contributed by atoms with van der Waals surface area (Å²) in [6, 6.07) is 3.35. The number of halogens is 1. The average molecular weight is 183 g/mol. The number of nitrogens with zero attached hydrogens (tertiary/aromatic N) is 1. The van der Waals surface area contributed by atoms with Gasteiger partial charge in [-0.3, -0.25) is 0 Å². The second-order valence-electron chi connectivity index (χ2n) is 3.05. The zero-order valence-corrected chi connectivity index (χ0v) is 9.06. The van der Waals surface area contributed by atoms with Crippen molar-refractivity contribution < 1.29 is 4.39 Å². The monoisotopic (exact) mass is 183 g/mol. The second-order valence-corrected chi connectivity index (χ2v) is 3.05. The summed E-state index contributed by atoms with van der Waals surface area (Å²) in [4.78, 5) is 3.77. The van der Waals surface area contributed by atoms with E-state index >= 15 is 0 Å². The third-order valence-corrected chi connectivity index (χ3v) is 1.55. The van der Waals surface area contributed by atoms with Gasteiger partial charge >= 0.3 is 0 Å². The zero-order chi connectivity index (χ0) is 10.4. The van der Waals surface area contributed by atoms with Crippen molar-refractivity contribution in [3.05, 3.63) is 29.3 Å². The molecule has 1 nitrogen and oxygen atoms in total. The minimum absolute atomic E-state index is 0.296. The molecule has 74 valence electrons. The predicted molar refractivity (Wildman–Crippen MR) is 54.4 cm³/mol. The van der Waals surface area contributed by atoms with Crippen molar-refractivity contribution in [3.63, 3.8) is 0 Å². The van der Waals surface area contributed by atoms with Crippen LogP contribution in [0.3, 0.4) is 0 Å². The summed E-state index contributed by atoms with van der Waals surface area (Å²) in [5.41, 5.74) is 1.75. The summed E-state index contributed by atoms with van der Waals surface area (Å²) in [7, 11) is 0. The van der Waals surface area contributed by atoms with Gasteiger partial charge in [0.1, 0.15) is 0 Å². The number of aromatic nitrogens is 1. The largest absolute Gasteiger partial charge is 0.225 e. The number of pyridine rings is 1. The summed E-state index contributed by atoms with van der Waals surface area (Å²) in [6.07, 6.45) is 0. The SMILES string of the molecule is CC.Cc1cc(F)nc(C(C)C)c1. The number of rotatable bonds is 1. The van der Waals surface area contributed by atoms with Crippen LogP contribution in [0.15, 0.2) is 12.1 Å². The summed E-state index contributed by atoms with van der Waals surface area (Å²) in [5.74, 6) is -0.0851. The maximum absolute atomic E-state index is 12.7.